The normalized spacial score (nSPS) is 32.1. The number of piperidine rings is 1. The lowest BCUT2D eigenvalue weighted by molar-refractivity contribution is -0.141. The molecule has 2 rings (SSSR count). The van der Waals surface area contributed by atoms with Gasteiger partial charge in [-0.25, -0.2) is 0 Å². The van der Waals surface area contributed by atoms with Crippen molar-refractivity contribution >= 4 is 17.5 Å². The fraction of sp³-hybridized carbons (Fsp3) is 0.923. The van der Waals surface area contributed by atoms with E-state index in [-0.39, 0.29) is 11.8 Å². The van der Waals surface area contributed by atoms with Crippen molar-refractivity contribution in [3.63, 3.8) is 0 Å². The summed E-state index contributed by atoms with van der Waals surface area (Å²) >= 11 is 5.79. The second-order valence-electron chi connectivity index (χ2n) is 5.54. The molecule has 0 aromatic heterocycles. The van der Waals surface area contributed by atoms with Gasteiger partial charge in [0, 0.05) is 37.0 Å². The van der Waals surface area contributed by atoms with Gasteiger partial charge in [-0.05, 0) is 26.3 Å². The Kier molecular flexibility index (Phi) is 4.31. The fourth-order valence-corrected chi connectivity index (χ4v) is 3.14. The molecule has 2 aliphatic rings. The number of nitrogens with zero attached hydrogens (tertiary/aromatic N) is 2. The zero-order valence-corrected chi connectivity index (χ0v) is 11.6. The van der Waals surface area contributed by atoms with Gasteiger partial charge in [0.25, 0.3) is 0 Å². The highest BCUT2D eigenvalue weighted by Crippen LogP contribution is 2.25. The molecule has 3 nitrogen and oxygen atoms in total. The van der Waals surface area contributed by atoms with E-state index in [1.54, 1.807) is 0 Å². The number of piperazine rings is 1. The largest absolute Gasteiger partial charge is 0.337 e. The van der Waals surface area contributed by atoms with Crippen molar-refractivity contribution in [3.05, 3.63) is 0 Å². The molecule has 0 spiro atoms. The van der Waals surface area contributed by atoms with Gasteiger partial charge >= 0.3 is 0 Å². The van der Waals surface area contributed by atoms with Gasteiger partial charge in [0.1, 0.15) is 0 Å². The van der Waals surface area contributed by atoms with E-state index in [2.05, 4.69) is 16.7 Å². The highest BCUT2D eigenvalue weighted by atomic mass is 35.5. The van der Waals surface area contributed by atoms with Gasteiger partial charge in [-0.1, -0.05) is 13.3 Å². The van der Waals surface area contributed by atoms with Crippen LogP contribution in [0.1, 0.15) is 33.1 Å². The minimum absolute atomic E-state index is 0.0470. The molecule has 0 aromatic carbocycles. The van der Waals surface area contributed by atoms with Crippen LogP contribution in [0.2, 0.25) is 0 Å². The summed E-state index contributed by atoms with van der Waals surface area (Å²) in [6.45, 7) is 7.23. The maximum atomic E-state index is 12.2. The number of alkyl halides is 1. The molecule has 2 heterocycles. The first kappa shape index (κ1) is 13.2. The van der Waals surface area contributed by atoms with Crippen LogP contribution in [0, 0.1) is 5.92 Å². The zero-order valence-electron chi connectivity index (χ0n) is 10.9. The molecule has 0 aliphatic carbocycles. The number of carbonyl (C=O) groups excluding carboxylic acids is 1. The third kappa shape index (κ3) is 2.76. The molecule has 0 aromatic rings. The third-order valence-corrected chi connectivity index (χ3v) is 4.59. The third-order valence-electron chi connectivity index (χ3n) is 4.12. The molecule has 0 radical (unpaired) electrons. The van der Waals surface area contributed by atoms with Gasteiger partial charge in [-0.15, -0.1) is 11.6 Å². The monoisotopic (exact) mass is 258 g/mol. The molecule has 3 unspecified atom stereocenters. The first-order chi connectivity index (χ1) is 8.13. The summed E-state index contributed by atoms with van der Waals surface area (Å²) in [6, 6.07) is 0.925. The van der Waals surface area contributed by atoms with Crippen LogP contribution in [0.3, 0.4) is 0 Å². The number of amides is 1. The Bertz CT molecular complexity index is 285. The minimum atomic E-state index is -0.0470. The van der Waals surface area contributed by atoms with Gasteiger partial charge in [0.05, 0.1) is 0 Å². The quantitative estimate of drug-likeness (QED) is 0.707. The second kappa shape index (κ2) is 5.57. The van der Waals surface area contributed by atoms with E-state index in [1.807, 2.05) is 6.92 Å². The molecule has 0 saturated carbocycles. The Morgan fingerprint density at radius 1 is 1.41 bits per heavy atom. The summed E-state index contributed by atoms with van der Waals surface area (Å²) in [7, 11) is 0. The van der Waals surface area contributed by atoms with Crippen LogP contribution in [0.25, 0.3) is 0 Å². The first-order valence-electron chi connectivity index (χ1n) is 6.74. The number of hydrogen-bond donors (Lipinski definition) is 0. The van der Waals surface area contributed by atoms with E-state index >= 15 is 0 Å². The second-order valence-corrected chi connectivity index (χ2v) is 5.85. The average Bonchev–Trinajstić information content (AvgIpc) is 2.36. The Labute approximate surface area is 109 Å². The summed E-state index contributed by atoms with van der Waals surface area (Å²) < 4.78 is 0. The van der Waals surface area contributed by atoms with Crippen molar-refractivity contribution in [2.24, 2.45) is 5.92 Å². The van der Waals surface area contributed by atoms with Gasteiger partial charge < -0.3 is 4.90 Å². The van der Waals surface area contributed by atoms with Gasteiger partial charge in [-0.3, -0.25) is 9.69 Å². The summed E-state index contributed by atoms with van der Waals surface area (Å²) in [6.07, 6.45) is 3.86. The number of rotatable bonds is 2. The van der Waals surface area contributed by atoms with Crippen LogP contribution >= 0.6 is 11.6 Å². The van der Waals surface area contributed by atoms with Crippen LogP contribution < -0.4 is 0 Å². The van der Waals surface area contributed by atoms with E-state index in [1.165, 1.54) is 25.8 Å². The van der Waals surface area contributed by atoms with Crippen LogP contribution in [0.4, 0.5) is 0 Å². The van der Waals surface area contributed by atoms with Crippen LogP contribution in [-0.2, 0) is 4.79 Å². The molecule has 0 N–H and O–H groups in total. The Balaban J connectivity index is 2.01. The zero-order chi connectivity index (χ0) is 12.4. The smallest absolute Gasteiger partial charge is 0.226 e. The lowest BCUT2D eigenvalue weighted by atomic mass is 9.96. The van der Waals surface area contributed by atoms with Gasteiger partial charge in [-0.2, -0.15) is 0 Å². The molecular weight excluding hydrogens is 236 g/mol. The number of hydrogen-bond acceptors (Lipinski definition) is 2. The molecule has 2 fully saturated rings. The lowest BCUT2D eigenvalue weighted by Crippen LogP contribution is -2.60. The van der Waals surface area contributed by atoms with Crippen molar-refractivity contribution in [3.8, 4) is 0 Å². The number of fused-ring (bicyclic) bond motifs is 1. The van der Waals surface area contributed by atoms with Gasteiger partial charge in [0.15, 0.2) is 0 Å². The SMILES string of the molecule is CC(CCl)C(=O)N1CC2CCCCN2CC1C. The molecule has 1 amide bonds. The summed E-state index contributed by atoms with van der Waals surface area (Å²) in [4.78, 5) is 16.9. The number of carbonyl (C=O) groups is 1. The highest BCUT2D eigenvalue weighted by molar-refractivity contribution is 6.19. The molecule has 3 atom stereocenters. The lowest BCUT2D eigenvalue weighted by Gasteiger charge is -2.48. The Morgan fingerprint density at radius 3 is 2.88 bits per heavy atom. The van der Waals surface area contributed by atoms with Crippen molar-refractivity contribution in [2.45, 2.75) is 45.2 Å². The molecule has 2 saturated heterocycles. The maximum absolute atomic E-state index is 12.2. The minimum Gasteiger partial charge on any atom is -0.337 e. The van der Waals surface area contributed by atoms with Crippen molar-refractivity contribution < 1.29 is 4.79 Å². The first-order valence-corrected chi connectivity index (χ1v) is 7.27. The summed E-state index contributed by atoms with van der Waals surface area (Å²) in [5.74, 6) is 0.614. The van der Waals surface area contributed by atoms with Crippen molar-refractivity contribution in [2.75, 3.05) is 25.5 Å². The standard InChI is InChI=1S/C13H23ClN2O/c1-10(7-14)13(17)16-9-12-5-3-4-6-15(12)8-11(16)2/h10-12H,3-9H2,1-2H3. The van der Waals surface area contributed by atoms with E-state index in [4.69, 9.17) is 11.6 Å². The molecule has 4 heteroatoms. The predicted molar refractivity (Wildman–Crippen MR) is 70.3 cm³/mol. The van der Waals surface area contributed by atoms with Crippen molar-refractivity contribution in [1.82, 2.24) is 9.80 Å². The Hall–Kier alpha value is -0.280. The molecule has 0 bridgehead atoms. The van der Waals surface area contributed by atoms with Crippen LogP contribution in [0.15, 0.2) is 0 Å². The molecule has 98 valence electrons. The molecular formula is C13H23ClN2O. The maximum Gasteiger partial charge on any atom is 0.226 e. The van der Waals surface area contributed by atoms with E-state index in [0.29, 0.717) is 18.0 Å². The Morgan fingerprint density at radius 2 is 2.18 bits per heavy atom. The molecule has 17 heavy (non-hydrogen) atoms. The fourth-order valence-electron chi connectivity index (χ4n) is 3.01. The van der Waals surface area contributed by atoms with Crippen LogP contribution in [-0.4, -0.2) is 53.3 Å². The van der Waals surface area contributed by atoms with Crippen molar-refractivity contribution in [1.29, 1.82) is 0 Å². The van der Waals surface area contributed by atoms with Crippen LogP contribution in [0.5, 0.6) is 0 Å². The number of halogens is 1. The van der Waals surface area contributed by atoms with E-state index in [0.717, 1.165) is 13.1 Å². The topological polar surface area (TPSA) is 23.6 Å². The summed E-state index contributed by atoms with van der Waals surface area (Å²) in [5, 5.41) is 0. The summed E-state index contributed by atoms with van der Waals surface area (Å²) in [5.41, 5.74) is 0. The highest BCUT2D eigenvalue weighted by Gasteiger charge is 2.36. The van der Waals surface area contributed by atoms with Gasteiger partial charge in [0.2, 0.25) is 5.91 Å². The molecule has 2 aliphatic heterocycles. The predicted octanol–water partition coefficient (Wildman–Crippen LogP) is 1.95. The van der Waals surface area contributed by atoms with E-state index < -0.39 is 0 Å². The van der Waals surface area contributed by atoms with E-state index in [9.17, 15) is 4.79 Å². The average molecular weight is 259 g/mol.